The van der Waals surface area contributed by atoms with E-state index in [1.807, 2.05) is 24.3 Å². The number of fused-ring (bicyclic) bond motifs is 1. The third kappa shape index (κ3) is 3.65. The molecular formula is C20H24N4O. The summed E-state index contributed by atoms with van der Waals surface area (Å²) in [5, 5.41) is 11.7. The number of carbonyl (C=O) groups is 1. The number of nitrogens with zero attached hydrogens (tertiary/aromatic N) is 3. The molecule has 1 aliphatic carbocycles. The van der Waals surface area contributed by atoms with Crippen molar-refractivity contribution in [2.45, 2.75) is 51.5 Å². The Labute approximate surface area is 148 Å². The molecule has 5 nitrogen and oxygen atoms in total. The lowest BCUT2D eigenvalue weighted by Crippen LogP contribution is -2.14. The first-order chi connectivity index (χ1) is 12.3. The Morgan fingerprint density at radius 2 is 2.04 bits per heavy atom. The normalized spacial score (nSPS) is 19.4. The smallest absolute Gasteiger partial charge is 0.224 e. The monoisotopic (exact) mass is 336 g/mol. The lowest BCUT2D eigenvalue weighted by molar-refractivity contribution is -0.116. The maximum absolute atomic E-state index is 12.1. The fourth-order valence-corrected chi connectivity index (χ4v) is 3.72. The number of nitrogens with one attached hydrogen (secondary N) is 1. The summed E-state index contributed by atoms with van der Waals surface area (Å²) in [5.74, 6) is 2.51. The Balaban J connectivity index is 1.44. The van der Waals surface area contributed by atoms with Crippen LogP contribution < -0.4 is 5.32 Å². The van der Waals surface area contributed by atoms with Crippen LogP contribution in [-0.4, -0.2) is 20.7 Å². The van der Waals surface area contributed by atoms with Gasteiger partial charge in [-0.2, -0.15) is 0 Å². The van der Waals surface area contributed by atoms with Crippen LogP contribution in [0.4, 0.5) is 5.69 Å². The minimum atomic E-state index is 0.0839. The first kappa shape index (κ1) is 16.1. The zero-order chi connectivity index (χ0) is 17.1. The van der Waals surface area contributed by atoms with Gasteiger partial charge in [0.2, 0.25) is 5.91 Å². The standard InChI is InChI=1S/C20H24N4O/c25-19(14-15-6-3-4-7-15)21-17-11-9-16(10-12-17)20-23-22-18-8-2-1-5-13-24(18)20/h3,6,9-12,15H,1-2,4-5,7-8,13-14H2,(H,21,25)/t15-/m1/s1. The van der Waals surface area contributed by atoms with E-state index >= 15 is 0 Å². The first-order valence-corrected chi connectivity index (χ1v) is 9.28. The van der Waals surface area contributed by atoms with Crippen molar-refractivity contribution in [2.24, 2.45) is 5.92 Å². The molecule has 0 radical (unpaired) electrons. The van der Waals surface area contributed by atoms with Crippen molar-refractivity contribution in [3.05, 3.63) is 42.2 Å². The molecule has 0 spiro atoms. The van der Waals surface area contributed by atoms with E-state index in [0.29, 0.717) is 12.3 Å². The number of hydrogen-bond acceptors (Lipinski definition) is 3. The van der Waals surface area contributed by atoms with Crippen LogP contribution in [0, 0.1) is 5.92 Å². The Morgan fingerprint density at radius 3 is 2.84 bits per heavy atom. The van der Waals surface area contributed by atoms with E-state index < -0.39 is 0 Å². The van der Waals surface area contributed by atoms with Crippen molar-refractivity contribution >= 4 is 11.6 Å². The summed E-state index contributed by atoms with van der Waals surface area (Å²) in [6.45, 7) is 0.991. The van der Waals surface area contributed by atoms with Gasteiger partial charge in [0, 0.05) is 30.6 Å². The van der Waals surface area contributed by atoms with Crippen LogP contribution in [0.1, 0.15) is 44.3 Å². The van der Waals surface area contributed by atoms with E-state index in [0.717, 1.165) is 48.7 Å². The lowest BCUT2D eigenvalue weighted by atomic mass is 10.0. The number of anilines is 1. The zero-order valence-corrected chi connectivity index (χ0v) is 14.4. The van der Waals surface area contributed by atoms with Crippen LogP contribution in [0.5, 0.6) is 0 Å². The highest BCUT2D eigenvalue weighted by molar-refractivity contribution is 5.91. The molecule has 0 saturated carbocycles. The van der Waals surface area contributed by atoms with Gasteiger partial charge in [0.05, 0.1) is 0 Å². The van der Waals surface area contributed by atoms with E-state index in [4.69, 9.17) is 0 Å². The highest BCUT2D eigenvalue weighted by Gasteiger charge is 2.17. The van der Waals surface area contributed by atoms with Crippen LogP contribution >= 0.6 is 0 Å². The summed E-state index contributed by atoms with van der Waals surface area (Å²) in [6, 6.07) is 7.95. The Hall–Kier alpha value is -2.43. The molecule has 2 heterocycles. The summed E-state index contributed by atoms with van der Waals surface area (Å²) in [4.78, 5) is 12.1. The van der Waals surface area contributed by atoms with Gasteiger partial charge in [-0.1, -0.05) is 18.6 Å². The molecule has 1 aliphatic heterocycles. The maximum atomic E-state index is 12.1. The quantitative estimate of drug-likeness (QED) is 0.860. The molecule has 5 heteroatoms. The summed E-state index contributed by atoms with van der Waals surface area (Å²) < 4.78 is 2.24. The minimum absolute atomic E-state index is 0.0839. The van der Waals surface area contributed by atoms with Crippen molar-refractivity contribution in [3.8, 4) is 11.4 Å². The van der Waals surface area contributed by atoms with Gasteiger partial charge < -0.3 is 9.88 Å². The topological polar surface area (TPSA) is 59.8 Å². The number of allylic oxidation sites excluding steroid dienone is 2. The van der Waals surface area contributed by atoms with Gasteiger partial charge in [0.25, 0.3) is 0 Å². The predicted octanol–water partition coefficient (Wildman–Crippen LogP) is 3.97. The van der Waals surface area contributed by atoms with Crippen LogP contribution in [-0.2, 0) is 17.8 Å². The van der Waals surface area contributed by atoms with E-state index in [2.05, 4.69) is 32.2 Å². The zero-order valence-electron chi connectivity index (χ0n) is 14.4. The molecule has 1 atom stereocenters. The molecule has 0 bridgehead atoms. The first-order valence-electron chi connectivity index (χ1n) is 9.28. The van der Waals surface area contributed by atoms with Gasteiger partial charge in [-0.3, -0.25) is 4.79 Å². The van der Waals surface area contributed by atoms with Crippen LogP contribution in [0.15, 0.2) is 36.4 Å². The van der Waals surface area contributed by atoms with Crippen molar-refractivity contribution in [1.29, 1.82) is 0 Å². The Kier molecular flexibility index (Phi) is 4.63. The molecule has 1 aromatic carbocycles. The SMILES string of the molecule is O=C(C[C@@H]1C=CCC1)Nc1ccc(-c2nnc3n2CCCCC3)cc1. The summed E-state index contributed by atoms with van der Waals surface area (Å²) in [5.41, 5.74) is 1.89. The van der Waals surface area contributed by atoms with Crippen LogP contribution in [0.3, 0.4) is 0 Å². The average Bonchev–Trinajstić information content (AvgIpc) is 3.20. The number of rotatable bonds is 4. The Bertz CT molecular complexity index is 775. The van der Waals surface area contributed by atoms with Crippen molar-refractivity contribution < 1.29 is 4.79 Å². The molecule has 1 amide bonds. The second-order valence-corrected chi connectivity index (χ2v) is 7.00. The molecule has 2 aliphatic rings. The van der Waals surface area contributed by atoms with Gasteiger partial charge in [0.1, 0.15) is 5.82 Å². The molecular weight excluding hydrogens is 312 g/mol. The number of aryl methyl sites for hydroxylation is 1. The van der Waals surface area contributed by atoms with Gasteiger partial charge in [0.15, 0.2) is 5.82 Å². The third-order valence-electron chi connectivity index (χ3n) is 5.10. The molecule has 1 aromatic heterocycles. The number of carbonyl (C=O) groups excluding carboxylic acids is 1. The number of benzene rings is 1. The van der Waals surface area contributed by atoms with E-state index in [-0.39, 0.29) is 5.91 Å². The van der Waals surface area contributed by atoms with Crippen molar-refractivity contribution in [1.82, 2.24) is 14.8 Å². The highest BCUT2D eigenvalue weighted by atomic mass is 16.1. The second kappa shape index (κ2) is 7.21. The van der Waals surface area contributed by atoms with Crippen LogP contribution in [0.2, 0.25) is 0 Å². The highest BCUT2D eigenvalue weighted by Crippen LogP contribution is 2.25. The molecule has 0 fully saturated rings. The fourth-order valence-electron chi connectivity index (χ4n) is 3.72. The van der Waals surface area contributed by atoms with Crippen LogP contribution in [0.25, 0.3) is 11.4 Å². The molecule has 2 aromatic rings. The number of aromatic nitrogens is 3. The Morgan fingerprint density at radius 1 is 1.16 bits per heavy atom. The van der Waals surface area contributed by atoms with Gasteiger partial charge in [-0.15, -0.1) is 10.2 Å². The average molecular weight is 336 g/mol. The molecule has 0 saturated heterocycles. The third-order valence-corrected chi connectivity index (χ3v) is 5.10. The molecule has 4 rings (SSSR count). The minimum Gasteiger partial charge on any atom is -0.326 e. The predicted molar refractivity (Wildman–Crippen MR) is 98.1 cm³/mol. The largest absolute Gasteiger partial charge is 0.326 e. The van der Waals surface area contributed by atoms with Gasteiger partial charge >= 0.3 is 0 Å². The van der Waals surface area contributed by atoms with Gasteiger partial charge in [-0.05, 0) is 55.9 Å². The van der Waals surface area contributed by atoms with Gasteiger partial charge in [-0.25, -0.2) is 0 Å². The number of hydrogen-bond donors (Lipinski definition) is 1. The fraction of sp³-hybridized carbons (Fsp3) is 0.450. The summed E-state index contributed by atoms with van der Waals surface area (Å²) in [6.07, 6.45) is 11.7. The maximum Gasteiger partial charge on any atom is 0.224 e. The molecule has 0 unspecified atom stereocenters. The molecule has 25 heavy (non-hydrogen) atoms. The van der Waals surface area contributed by atoms with E-state index in [1.54, 1.807) is 0 Å². The number of amides is 1. The van der Waals surface area contributed by atoms with Crippen molar-refractivity contribution in [2.75, 3.05) is 5.32 Å². The lowest BCUT2D eigenvalue weighted by Gasteiger charge is -2.10. The second-order valence-electron chi connectivity index (χ2n) is 7.00. The summed E-state index contributed by atoms with van der Waals surface area (Å²) >= 11 is 0. The molecule has 1 N–H and O–H groups in total. The molecule has 130 valence electrons. The summed E-state index contributed by atoms with van der Waals surface area (Å²) in [7, 11) is 0. The van der Waals surface area contributed by atoms with E-state index in [1.165, 1.54) is 19.3 Å². The van der Waals surface area contributed by atoms with Crippen molar-refractivity contribution in [3.63, 3.8) is 0 Å². The van der Waals surface area contributed by atoms with E-state index in [9.17, 15) is 4.79 Å².